The van der Waals surface area contributed by atoms with Crippen LogP contribution >= 0.6 is 0 Å². The molecule has 0 heterocycles. The zero-order valence-corrected chi connectivity index (χ0v) is 10.1. The SMILES string of the molecule is NC(CC(=O)NCC1CCC1)c1ccccc1. The first kappa shape index (κ1) is 12.1. The van der Waals surface area contributed by atoms with Gasteiger partial charge in [-0.2, -0.15) is 0 Å². The number of amides is 1. The molecule has 1 saturated carbocycles. The van der Waals surface area contributed by atoms with Crippen molar-refractivity contribution >= 4 is 5.91 Å². The summed E-state index contributed by atoms with van der Waals surface area (Å²) in [5.41, 5.74) is 7.01. The summed E-state index contributed by atoms with van der Waals surface area (Å²) in [7, 11) is 0. The van der Waals surface area contributed by atoms with Crippen LogP contribution in [0.25, 0.3) is 0 Å². The third-order valence-corrected chi connectivity index (χ3v) is 3.45. The highest BCUT2D eigenvalue weighted by Gasteiger charge is 2.18. The van der Waals surface area contributed by atoms with Crippen molar-refractivity contribution in [2.75, 3.05) is 6.54 Å². The second-order valence-electron chi connectivity index (χ2n) is 4.82. The van der Waals surface area contributed by atoms with Crippen molar-refractivity contribution in [1.29, 1.82) is 0 Å². The molecule has 0 aromatic heterocycles. The maximum absolute atomic E-state index is 11.7. The Balaban J connectivity index is 1.74. The molecule has 1 aromatic rings. The van der Waals surface area contributed by atoms with Crippen molar-refractivity contribution in [1.82, 2.24) is 5.32 Å². The van der Waals surface area contributed by atoms with Crippen LogP contribution in [-0.4, -0.2) is 12.5 Å². The van der Waals surface area contributed by atoms with E-state index in [9.17, 15) is 4.79 Å². The van der Waals surface area contributed by atoms with Crippen molar-refractivity contribution in [2.45, 2.75) is 31.7 Å². The lowest BCUT2D eigenvalue weighted by atomic mass is 9.85. The highest BCUT2D eigenvalue weighted by atomic mass is 16.1. The van der Waals surface area contributed by atoms with Crippen LogP contribution in [0.15, 0.2) is 30.3 Å². The molecule has 3 heteroatoms. The number of benzene rings is 1. The topological polar surface area (TPSA) is 55.1 Å². The first-order chi connectivity index (χ1) is 8.25. The van der Waals surface area contributed by atoms with Crippen LogP contribution in [-0.2, 0) is 4.79 Å². The van der Waals surface area contributed by atoms with Crippen LogP contribution in [0.5, 0.6) is 0 Å². The number of carbonyl (C=O) groups is 1. The summed E-state index contributed by atoms with van der Waals surface area (Å²) in [5, 5.41) is 2.97. The molecule has 0 saturated heterocycles. The van der Waals surface area contributed by atoms with Crippen molar-refractivity contribution in [3.05, 3.63) is 35.9 Å². The molecule has 92 valence electrons. The average molecular weight is 232 g/mol. The highest BCUT2D eigenvalue weighted by molar-refractivity contribution is 5.76. The van der Waals surface area contributed by atoms with Crippen LogP contribution in [0, 0.1) is 5.92 Å². The van der Waals surface area contributed by atoms with Gasteiger partial charge in [0.05, 0.1) is 0 Å². The summed E-state index contributed by atoms with van der Waals surface area (Å²) in [5.74, 6) is 0.764. The van der Waals surface area contributed by atoms with E-state index in [1.165, 1.54) is 19.3 Å². The summed E-state index contributed by atoms with van der Waals surface area (Å²) in [4.78, 5) is 11.7. The van der Waals surface area contributed by atoms with Gasteiger partial charge in [-0.1, -0.05) is 36.8 Å². The molecule has 1 unspecified atom stereocenters. The van der Waals surface area contributed by atoms with Crippen LogP contribution in [0.3, 0.4) is 0 Å². The first-order valence-corrected chi connectivity index (χ1v) is 6.33. The fraction of sp³-hybridized carbons (Fsp3) is 0.500. The van der Waals surface area contributed by atoms with Gasteiger partial charge in [-0.05, 0) is 24.3 Å². The van der Waals surface area contributed by atoms with Gasteiger partial charge in [-0.3, -0.25) is 4.79 Å². The molecule has 0 bridgehead atoms. The van der Waals surface area contributed by atoms with Gasteiger partial charge in [0.15, 0.2) is 0 Å². The van der Waals surface area contributed by atoms with Crippen molar-refractivity contribution < 1.29 is 4.79 Å². The van der Waals surface area contributed by atoms with E-state index in [0.717, 1.165) is 12.1 Å². The maximum Gasteiger partial charge on any atom is 0.221 e. The standard InChI is InChI=1S/C14H20N2O/c15-13(12-7-2-1-3-8-12)9-14(17)16-10-11-5-4-6-11/h1-3,7-8,11,13H,4-6,9-10,15H2,(H,16,17). The number of nitrogens with one attached hydrogen (secondary N) is 1. The Hall–Kier alpha value is -1.35. The molecule has 1 aliphatic rings. The second kappa shape index (κ2) is 5.82. The van der Waals surface area contributed by atoms with Gasteiger partial charge < -0.3 is 11.1 Å². The smallest absolute Gasteiger partial charge is 0.221 e. The molecule has 1 aliphatic carbocycles. The van der Waals surface area contributed by atoms with Gasteiger partial charge >= 0.3 is 0 Å². The minimum absolute atomic E-state index is 0.0632. The molecule has 2 rings (SSSR count). The van der Waals surface area contributed by atoms with Gasteiger partial charge in [0.2, 0.25) is 5.91 Å². The summed E-state index contributed by atoms with van der Waals surface area (Å²) >= 11 is 0. The number of hydrogen-bond donors (Lipinski definition) is 2. The summed E-state index contributed by atoms with van der Waals surface area (Å²) < 4.78 is 0. The van der Waals surface area contributed by atoms with Crippen molar-refractivity contribution in [3.63, 3.8) is 0 Å². The molecule has 1 amide bonds. The number of carbonyl (C=O) groups excluding carboxylic acids is 1. The molecule has 3 N–H and O–H groups in total. The predicted molar refractivity (Wildman–Crippen MR) is 68.3 cm³/mol. The van der Waals surface area contributed by atoms with E-state index in [2.05, 4.69) is 5.32 Å². The zero-order valence-electron chi connectivity index (χ0n) is 10.1. The van der Waals surface area contributed by atoms with Gasteiger partial charge in [0, 0.05) is 19.0 Å². The molecule has 1 aromatic carbocycles. The zero-order chi connectivity index (χ0) is 12.1. The predicted octanol–water partition coefficient (Wildman–Crippen LogP) is 1.99. The van der Waals surface area contributed by atoms with E-state index in [1.54, 1.807) is 0 Å². The first-order valence-electron chi connectivity index (χ1n) is 6.33. The van der Waals surface area contributed by atoms with E-state index in [1.807, 2.05) is 30.3 Å². The Labute approximate surface area is 102 Å². The fourth-order valence-corrected chi connectivity index (χ4v) is 2.05. The molecular formula is C14H20N2O. The molecular weight excluding hydrogens is 212 g/mol. The van der Waals surface area contributed by atoms with Gasteiger partial charge in [0.1, 0.15) is 0 Å². The average Bonchev–Trinajstić information content (AvgIpc) is 2.28. The third-order valence-electron chi connectivity index (χ3n) is 3.45. The quantitative estimate of drug-likeness (QED) is 0.815. The van der Waals surface area contributed by atoms with Crippen LogP contribution in [0.2, 0.25) is 0 Å². The van der Waals surface area contributed by atoms with Crippen molar-refractivity contribution in [2.24, 2.45) is 11.7 Å². The summed E-state index contributed by atoms with van der Waals surface area (Å²) in [6, 6.07) is 9.57. The molecule has 0 spiro atoms. The Morgan fingerprint density at radius 3 is 2.65 bits per heavy atom. The van der Waals surface area contributed by atoms with Gasteiger partial charge in [-0.25, -0.2) is 0 Å². The lowest BCUT2D eigenvalue weighted by Crippen LogP contribution is -2.33. The lowest BCUT2D eigenvalue weighted by Gasteiger charge is -2.25. The fourth-order valence-electron chi connectivity index (χ4n) is 2.05. The van der Waals surface area contributed by atoms with E-state index in [-0.39, 0.29) is 11.9 Å². The minimum atomic E-state index is -0.197. The van der Waals surface area contributed by atoms with Crippen LogP contribution in [0.4, 0.5) is 0 Å². The Morgan fingerprint density at radius 2 is 2.06 bits per heavy atom. The maximum atomic E-state index is 11.7. The number of hydrogen-bond acceptors (Lipinski definition) is 2. The molecule has 3 nitrogen and oxygen atoms in total. The molecule has 1 fully saturated rings. The Kier molecular flexibility index (Phi) is 4.15. The van der Waals surface area contributed by atoms with E-state index in [4.69, 9.17) is 5.73 Å². The minimum Gasteiger partial charge on any atom is -0.356 e. The molecule has 1 atom stereocenters. The van der Waals surface area contributed by atoms with Crippen LogP contribution < -0.4 is 11.1 Å². The van der Waals surface area contributed by atoms with E-state index < -0.39 is 0 Å². The van der Waals surface area contributed by atoms with E-state index >= 15 is 0 Å². The number of rotatable bonds is 5. The summed E-state index contributed by atoms with van der Waals surface area (Å²) in [6.07, 6.45) is 4.19. The monoisotopic (exact) mass is 232 g/mol. The van der Waals surface area contributed by atoms with E-state index in [0.29, 0.717) is 12.3 Å². The van der Waals surface area contributed by atoms with Crippen LogP contribution in [0.1, 0.15) is 37.3 Å². The van der Waals surface area contributed by atoms with Gasteiger partial charge in [-0.15, -0.1) is 0 Å². The Morgan fingerprint density at radius 1 is 1.35 bits per heavy atom. The molecule has 17 heavy (non-hydrogen) atoms. The third kappa shape index (κ3) is 3.56. The number of nitrogens with two attached hydrogens (primary N) is 1. The van der Waals surface area contributed by atoms with Gasteiger partial charge in [0.25, 0.3) is 0 Å². The second-order valence-corrected chi connectivity index (χ2v) is 4.82. The lowest BCUT2D eigenvalue weighted by molar-refractivity contribution is -0.121. The normalized spacial score (nSPS) is 17.2. The molecule has 0 aliphatic heterocycles. The highest BCUT2D eigenvalue weighted by Crippen LogP contribution is 2.25. The van der Waals surface area contributed by atoms with Crippen molar-refractivity contribution in [3.8, 4) is 0 Å². The molecule has 0 radical (unpaired) electrons. The largest absolute Gasteiger partial charge is 0.356 e. The summed E-state index contributed by atoms with van der Waals surface area (Å²) in [6.45, 7) is 0.820. The Bertz CT molecular complexity index is 360.